The number of aryl methyl sites for hydroxylation is 1. The van der Waals surface area contributed by atoms with E-state index >= 15 is 0 Å². The molecule has 0 saturated heterocycles. The van der Waals surface area contributed by atoms with Gasteiger partial charge < -0.3 is 15.4 Å². The molecule has 0 saturated carbocycles. The zero-order chi connectivity index (χ0) is 17.6. The van der Waals surface area contributed by atoms with E-state index in [-0.39, 0.29) is 5.91 Å². The van der Waals surface area contributed by atoms with Gasteiger partial charge in [0.15, 0.2) is 0 Å². The third-order valence-corrected chi connectivity index (χ3v) is 3.76. The lowest BCUT2D eigenvalue weighted by atomic mass is 10.2. The Kier molecular flexibility index (Phi) is 4.95. The van der Waals surface area contributed by atoms with Crippen LogP contribution in [-0.4, -0.2) is 18.0 Å². The second-order valence-corrected chi connectivity index (χ2v) is 5.55. The van der Waals surface area contributed by atoms with E-state index in [0.29, 0.717) is 5.69 Å². The number of nitrogens with zero attached hydrogens (tertiary/aromatic N) is 1. The topological polar surface area (TPSA) is 63.2 Å². The molecular weight excluding hydrogens is 314 g/mol. The van der Waals surface area contributed by atoms with Gasteiger partial charge in [0.1, 0.15) is 11.4 Å². The highest BCUT2D eigenvalue weighted by Gasteiger charge is 2.10. The molecule has 5 heteroatoms. The molecule has 0 fully saturated rings. The highest BCUT2D eigenvalue weighted by Crippen LogP contribution is 2.20. The van der Waals surface area contributed by atoms with Gasteiger partial charge in [0.2, 0.25) is 0 Å². The van der Waals surface area contributed by atoms with Crippen molar-refractivity contribution in [2.24, 2.45) is 0 Å². The van der Waals surface area contributed by atoms with Crippen molar-refractivity contribution < 1.29 is 9.53 Å². The van der Waals surface area contributed by atoms with E-state index in [1.807, 2.05) is 61.5 Å². The second kappa shape index (κ2) is 7.49. The van der Waals surface area contributed by atoms with Crippen LogP contribution >= 0.6 is 0 Å². The maximum absolute atomic E-state index is 12.4. The van der Waals surface area contributed by atoms with E-state index in [9.17, 15) is 4.79 Å². The monoisotopic (exact) mass is 333 g/mol. The third-order valence-electron chi connectivity index (χ3n) is 3.76. The number of nitrogens with one attached hydrogen (secondary N) is 2. The molecule has 5 nitrogen and oxygen atoms in total. The number of rotatable bonds is 5. The highest BCUT2D eigenvalue weighted by molar-refractivity contribution is 6.03. The number of benzene rings is 2. The SMILES string of the molecule is COc1ccc(Nc2ccnc(C(=O)Nc3ccccc3C)c2)cc1. The Morgan fingerprint density at radius 2 is 1.76 bits per heavy atom. The summed E-state index contributed by atoms with van der Waals surface area (Å²) in [7, 11) is 1.63. The molecule has 0 spiro atoms. The number of carbonyl (C=O) groups is 1. The van der Waals surface area contributed by atoms with Gasteiger partial charge >= 0.3 is 0 Å². The molecule has 1 amide bonds. The molecule has 0 aliphatic heterocycles. The summed E-state index contributed by atoms with van der Waals surface area (Å²) in [5.41, 5.74) is 3.82. The number of pyridine rings is 1. The molecule has 1 aromatic heterocycles. The molecule has 0 bridgehead atoms. The zero-order valence-electron chi connectivity index (χ0n) is 14.1. The fraction of sp³-hybridized carbons (Fsp3) is 0.100. The van der Waals surface area contributed by atoms with Crippen molar-refractivity contribution in [3.8, 4) is 5.75 Å². The molecule has 3 aromatic rings. The number of para-hydroxylation sites is 1. The van der Waals surface area contributed by atoms with Gasteiger partial charge in [-0.15, -0.1) is 0 Å². The van der Waals surface area contributed by atoms with Crippen molar-refractivity contribution in [2.75, 3.05) is 17.7 Å². The second-order valence-electron chi connectivity index (χ2n) is 5.55. The number of amides is 1. The summed E-state index contributed by atoms with van der Waals surface area (Å²) in [6, 6.07) is 18.7. The summed E-state index contributed by atoms with van der Waals surface area (Å²) in [6.07, 6.45) is 1.61. The zero-order valence-corrected chi connectivity index (χ0v) is 14.1. The summed E-state index contributed by atoms with van der Waals surface area (Å²) in [4.78, 5) is 16.6. The Labute approximate surface area is 146 Å². The van der Waals surface area contributed by atoms with Gasteiger partial charge in [-0.05, 0) is 55.0 Å². The van der Waals surface area contributed by atoms with Crippen LogP contribution in [-0.2, 0) is 0 Å². The van der Waals surface area contributed by atoms with Gasteiger partial charge in [-0.25, -0.2) is 0 Å². The molecule has 0 aliphatic carbocycles. The van der Waals surface area contributed by atoms with Crippen LogP contribution in [0.5, 0.6) is 5.75 Å². The molecule has 0 aliphatic rings. The van der Waals surface area contributed by atoms with Crippen LogP contribution in [0.4, 0.5) is 17.1 Å². The summed E-state index contributed by atoms with van der Waals surface area (Å²) in [5, 5.41) is 6.14. The summed E-state index contributed by atoms with van der Waals surface area (Å²) >= 11 is 0. The van der Waals surface area contributed by atoms with Crippen LogP contribution in [0.3, 0.4) is 0 Å². The first-order valence-electron chi connectivity index (χ1n) is 7.90. The van der Waals surface area contributed by atoms with Gasteiger partial charge in [0.05, 0.1) is 7.11 Å². The maximum Gasteiger partial charge on any atom is 0.274 e. The van der Waals surface area contributed by atoms with E-state index in [0.717, 1.165) is 28.4 Å². The molecule has 1 heterocycles. The van der Waals surface area contributed by atoms with E-state index in [1.54, 1.807) is 19.4 Å². The number of anilines is 3. The summed E-state index contributed by atoms with van der Waals surface area (Å²) in [6.45, 7) is 1.95. The van der Waals surface area contributed by atoms with E-state index in [4.69, 9.17) is 4.74 Å². The maximum atomic E-state index is 12.4. The first-order chi connectivity index (χ1) is 12.2. The average molecular weight is 333 g/mol. The average Bonchev–Trinajstić information content (AvgIpc) is 2.64. The third kappa shape index (κ3) is 4.14. The quantitative estimate of drug-likeness (QED) is 0.727. The molecule has 3 rings (SSSR count). The minimum atomic E-state index is -0.243. The summed E-state index contributed by atoms with van der Waals surface area (Å²) in [5.74, 6) is 0.547. The molecule has 25 heavy (non-hydrogen) atoms. The number of hydrogen-bond donors (Lipinski definition) is 2. The van der Waals surface area contributed by atoms with Crippen molar-refractivity contribution >= 4 is 23.0 Å². The Hall–Kier alpha value is -3.34. The first kappa shape index (κ1) is 16.5. The molecule has 2 aromatic carbocycles. The highest BCUT2D eigenvalue weighted by atomic mass is 16.5. The largest absolute Gasteiger partial charge is 0.497 e. The predicted octanol–water partition coefficient (Wildman–Crippen LogP) is 4.39. The standard InChI is InChI=1S/C20H19N3O2/c1-14-5-3-4-6-18(14)23-20(24)19-13-16(11-12-21-19)22-15-7-9-17(25-2)10-8-15/h3-13H,1-2H3,(H,21,22)(H,23,24). The van der Waals surface area contributed by atoms with Crippen molar-refractivity contribution in [1.29, 1.82) is 0 Å². The Balaban J connectivity index is 1.74. The Bertz CT molecular complexity index is 876. The predicted molar refractivity (Wildman–Crippen MR) is 99.6 cm³/mol. The van der Waals surface area contributed by atoms with E-state index < -0.39 is 0 Å². The van der Waals surface area contributed by atoms with Gasteiger partial charge in [0, 0.05) is 23.3 Å². The van der Waals surface area contributed by atoms with Gasteiger partial charge in [-0.2, -0.15) is 0 Å². The lowest BCUT2D eigenvalue weighted by Crippen LogP contribution is -2.14. The fourth-order valence-corrected chi connectivity index (χ4v) is 2.37. The molecule has 0 atom stereocenters. The van der Waals surface area contributed by atoms with Crippen molar-refractivity contribution in [3.63, 3.8) is 0 Å². The number of aromatic nitrogens is 1. The minimum Gasteiger partial charge on any atom is -0.497 e. The molecule has 0 unspecified atom stereocenters. The van der Waals surface area contributed by atoms with Crippen molar-refractivity contribution in [1.82, 2.24) is 4.98 Å². The Morgan fingerprint density at radius 1 is 1.00 bits per heavy atom. The fourth-order valence-electron chi connectivity index (χ4n) is 2.37. The lowest BCUT2D eigenvalue weighted by molar-refractivity contribution is 0.102. The van der Waals surface area contributed by atoms with Crippen LogP contribution in [0, 0.1) is 6.92 Å². The number of ether oxygens (including phenoxy) is 1. The van der Waals surface area contributed by atoms with Gasteiger partial charge in [0.25, 0.3) is 5.91 Å². The van der Waals surface area contributed by atoms with Crippen LogP contribution in [0.2, 0.25) is 0 Å². The van der Waals surface area contributed by atoms with Crippen LogP contribution in [0.15, 0.2) is 66.9 Å². The van der Waals surface area contributed by atoms with Gasteiger partial charge in [-0.1, -0.05) is 18.2 Å². The molecular formula is C20H19N3O2. The Morgan fingerprint density at radius 3 is 2.48 bits per heavy atom. The first-order valence-corrected chi connectivity index (χ1v) is 7.90. The van der Waals surface area contributed by atoms with E-state index in [1.165, 1.54) is 0 Å². The van der Waals surface area contributed by atoms with Crippen molar-refractivity contribution in [3.05, 3.63) is 78.1 Å². The number of carbonyl (C=O) groups excluding carboxylic acids is 1. The number of methoxy groups -OCH3 is 1. The molecule has 2 N–H and O–H groups in total. The van der Waals surface area contributed by atoms with Crippen molar-refractivity contribution in [2.45, 2.75) is 6.92 Å². The number of hydrogen-bond acceptors (Lipinski definition) is 4. The van der Waals surface area contributed by atoms with E-state index in [2.05, 4.69) is 15.6 Å². The normalized spacial score (nSPS) is 10.2. The summed E-state index contributed by atoms with van der Waals surface area (Å²) < 4.78 is 5.15. The van der Waals surface area contributed by atoms with Gasteiger partial charge in [-0.3, -0.25) is 9.78 Å². The van der Waals surface area contributed by atoms with Crippen LogP contribution in [0.1, 0.15) is 16.1 Å². The van der Waals surface area contributed by atoms with Crippen LogP contribution in [0.25, 0.3) is 0 Å². The van der Waals surface area contributed by atoms with Crippen LogP contribution < -0.4 is 15.4 Å². The lowest BCUT2D eigenvalue weighted by Gasteiger charge is -2.10. The minimum absolute atomic E-state index is 0.243. The molecule has 126 valence electrons. The molecule has 0 radical (unpaired) electrons. The smallest absolute Gasteiger partial charge is 0.274 e.